The number of thiophene rings is 1. The summed E-state index contributed by atoms with van der Waals surface area (Å²) >= 11 is 1.45. The Labute approximate surface area is 162 Å². The van der Waals surface area contributed by atoms with E-state index in [9.17, 15) is 14.4 Å². The van der Waals surface area contributed by atoms with Crippen molar-refractivity contribution < 1.29 is 14.4 Å². The van der Waals surface area contributed by atoms with Crippen LogP contribution < -0.4 is 10.6 Å². The third kappa shape index (κ3) is 5.17. The Kier molecular flexibility index (Phi) is 6.24. The Balaban J connectivity index is 1.44. The lowest BCUT2D eigenvalue weighted by Gasteiger charge is -2.31. The van der Waals surface area contributed by atoms with Gasteiger partial charge in [0, 0.05) is 38.2 Å². The first-order chi connectivity index (χ1) is 13.0. The lowest BCUT2D eigenvalue weighted by atomic mass is 9.95. The third-order valence-electron chi connectivity index (χ3n) is 4.63. The van der Waals surface area contributed by atoms with E-state index in [1.165, 1.54) is 18.3 Å². The van der Waals surface area contributed by atoms with Gasteiger partial charge in [-0.25, -0.2) is 0 Å². The number of rotatable bonds is 5. The molecule has 1 aliphatic heterocycles. The van der Waals surface area contributed by atoms with Gasteiger partial charge in [0.2, 0.25) is 11.8 Å². The van der Waals surface area contributed by atoms with Gasteiger partial charge in [0.1, 0.15) is 0 Å². The van der Waals surface area contributed by atoms with Crippen LogP contribution in [0.5, 0.6) is 0 Å². The number of carbonyl (C=O) groups excluding carboxylic acids is 3. The number of hydrogen-bond acceptors (Lipinski definition) is 4. The number of hydrogen-bond donors (Lipinski definition) is 2. The van der Waals surface area contributed by atoms with Crippen LogP contribution in [0.1, 0.15) is 35.0 Å². The van der Waals surface area contributed by atoms with Crippen molar-refractivity contribution in [3.8, 4) is 0 Å². The van der Waals surface area contributed by atoms with Crippen LogP contribution in [0.2, 0.25) is 0 Å². The highest BCUT2D eigenvalue weighted by molar-refractivity contribution is 7.12. The fourth-order valence-corrected chi connectivity index (χ4v) is 3.83. The summed E-state index contributed by atoms with van der Waals surface area (Å²) < 4.78 is 0. The van der Waals surface area contributed by atoms with Gasteiger partial charge in [-0.2, -0.15) is 0 Å². The van der Waals surface area contributed by atoms with E-state index in [0.29, 0.717) is 32.5 Å². The van der Waals surface area contributed by atoms with E-state index >= 15 is 0 Å². The standard InChI is InChI=1S/C20H23N3O3S/c1-14(24)22-17-6-4-15(5-7-17)13-21-19(25)16-8-10-23(11-9-16)20(26)18-3-2-12-27-18/h2-7,12,16H,8-11,13H2,1H3,(H,21,25)(H,22,24). The van der Waals surface area contributed by atoms with Crippen molar-refractivity contribution in [3.05, 3.63) is 52.2 Å². The van der Waals surface area contributed by atoms with Crippen molar-refractivity contribution >= 4 is 34.7 Å². The summed E-state index contributed by atoms with van der Waals surface area (Å²) in [6.07, 6.45) is 1.37. The molecule has 6 nitrogen and oxygen atoms in total. The van der Waals surface area contributed by atoms with E-state index in [2.05, 4.69) is 10.6 Å². The van der Waals surface area contributed by atoms with E-state index in [1.54, 1.807) is 0 Å². The third-order valence-corrected chi connectivity index (χ3v) is 5.48. The van der Waals surface area contributed by atoms with Gasteiger partial charge in [-0.15, -0.1) is 11.3 Å². The molecule has 1 fully saturated rings. The largest absolute Gasteiger partial charge is 0.352 e. The number of nitrogens with one attached hydrogen (secondary N) is 2. The van der Waals surface area contributed by atoms with Crippen molar-refractivity contribution in [2.45, 2.75) is 26.3 Å². The Morgan fingerprint density at radius 2 is 1.81 bits per heavy atom. The Morgan fingerprint density at radius 1 is 1.11 bits per heavy atom. The SMILES string of the molecule is CC(=O)Nc1ccc(CNC(=O)C2CCN(C(=O)c3cccs3)CC2)cc1. The van der Waals surface area contributed by atoms with Crippen molar-refractivity contribution in [1.29, 1.82) is 0 Å². The van der Waals surface area contributed by atoms with Gasteiger partial charge in [-0.3, -0.25) is 14.4 Å². The van der Waals surface area contributed by atoms with Crippen molar-refractivity contribution in [1.82, 2.24) is 10.2 Å². The highest BCUT2D eigenvalue weighted by Crippen LogP contribution is 2.21. The summed E-state index contributed by atoms with van der Waals surface area (Å²) in [5, 5.41) is 7.59. The van der Waals surface area contributed by atoms with Crippen LogP contribution in [0.3, 0.4) is 0 Å². The monoisotopic (exact) mass is 385 g/mol. The normalized spacial score (nSPS) is 14.6. The second kappa shape index (κ2) is 8.81. The molecule has 142 valence electrons. The minimum Gasteiger partial charge on any atom is -0.352 e. The molecule has 0 radical (unpaired) electrons. The molecule has 0 aliphatic carbocycles. The number of carbonyl (C=O) groups is 3. The lowest BCUT2D eigenvalue weighted by Crippen LogP contribution is -2.42. The van der Waals surface area contributed by atoms with Crippen LogP contribution in [-0.4, -0.2) is 35.7 Å². The van der Waals surface area contributed by atoms with Crippen LogP contribution in [0.4, 0.5) is 5.69 Å². The molecule has 3 amide bonds. The quantitative estimate of drug-likeness (QED) is 0.831. The zero-order valence-corrected chi connectivity index (χ0v) is 16.1. The maximum atomic E-state index is 12.4. The first-order valence-electron chi connectivity index (χ1n) is 9.00. The average molecular weight is 385 g/mol. The Hall–Kier alpha value is -2.67. The van der Waals surface area contributed by atoms with Crippen LogP contribution in [0.15, 0.2) is 41.8 Å². The fourth-order valence-electron chi connectivity index (χ4n) is 3.14. The predicted octanol–water partition coefficient (Wildman–Crippen LogP) is 2.88. The topological polar surface area (TPSA) is 78.5 Å². The first-order valence-corrected chi connectivity index (χ1v) is 9.88. The maximum absolute atomic E-state index is 12.4. The fraction of sp³-hybridized carbons (Fsp3) is 0.350. The van der Waals surface area contributed by atoms with Gasteiger partial charge in [-0.1, -0.05) is 18.2 Å². The number of likely N-dealkylation sites (tertiary alicyclic amines) is 1. The van der Waals surface area contributed by atoms with E-state index in [4.69, 9.17) is 0 Å². The zero-order chi connectivity index (χ0) is 19.2. The zero-order valence-electron chi connectivity index (χ0n) is 15.2. The number of benzene rings is 1. The number of amides is 3. The molecule has 1 aromatic carbocycles. The number of piperidine rings is 1. The molecule has 1 aliphatic rings. The van der Waals surface area contributed by atoms with Crippen molar-refractivity contribution in [2.75, 3.05) is 18.4 Å². The van der Waals surface area contributed by atoms with Crippen molar-refractivity contribution in [3.63, 3.8) is 0 Å². The second-order valence-electron chi connectivity index (χ2n) is 6.64. The maximum Gasteiger partial charge on any atom is 0.263 e. The Morgan fingerprint density at radius 3 is 2.41 bits per heavy atom. The molecule has 1 aromatic heterocycles. The molecule has 27 heavy (non-hydrogen) atoms. The van der Waals surface area contributed by atoms with E-state index < -0.39 is 0 Å². The van der Waals surface area contributed by atoms with Gasteiger partial charge >= 0.3 is 0 Å². The number of nitrogens with zero attached hydrogens (tertiary/aromatic N) is 1. The van der Waals surface area contributed by atoms with E-state index in [-0.39, 0.29) is 23.6 Å². The highest BCUT2D eigenvalue weighted by atomic mass is 32.1. The molecule has 1 saturated heterocycles. The molecule has 3 rings (SSSR count). The minimum absolute atomic E-state index is 0.0316. The smallest absolute Gasteiger partial charge is 0.263 e. The molecular formula is C20H23N3O3S. The molecule has 2 heterocycles. The van der Waals surface area contributed by atoms with Crippen LogP contribution in [-0.2, 0) is 16.1 Å². The van der Waals surface area contributed by atoms with Gasteiger partial charge in [0.15, 0.2) is 0 Å². The van der Waals surface area contributed by atoms with Crippen LogP contribution in [0, 0.1) is 5.92 Å². The van der Waals surface area contributed by atoms with Crippen molar-refractivity contribution in [2.24, 2.45) is 5.92 Å². The summed E-state index contributed by atoms with van der Waals surface area (Å²) in [4.78, 5) is 38.4. The Bertz CT molecular complexity index is 794. The van der Waals surface area contributed by atoms with Crippen LogP contribution >= 0.6 is 11.3 Å². The second-order valence-corrected chi connectivity index (χ2v) is 7.59. The van der Waals surface area contributed by atoms with E-state index in [1.807, 2.05) is 46.7 Å². The minimum atomic E-state index is -0.111. The first kappa shape index (κ1) is 19.1. The van der Waals surface area contributed by atoms with Gasteiger partial charge in [-0.05, 0) is 42.0 Å². The van der Waals surface area contributed by atoms with Crippen LogP contribution in [0.25, 0.3) is 0 Å². The summed E-state index contributed by atoms with van der Waals surface area (Å²) in [6.45, 7) is 3.14. The summed E-state index contributed by atoms with van der Waals surface area (Å²) in [5.41, 5.74) is 1.71. The summed E-state index contributed by atoms with van der Waals surface area (Å²) in [6, 6.07) is 11.1. The lowest BCUT2D eigenvalue weighted by molar-refractivity contribution is -0.126. The molecule has 7 heteroatoms. The van der Waals surface area contributed by atoms with Gasteiger partial charge < -0.3 is 15.5 Å². The van der Waals surface area contributed by atoms with E-state index in [0.717, 1.165) is 16.1 Å². The molecule has 0 unspecified atom stereocenters. The molecule has 0 saturated carbocycles. The average Bonchev–Trinajstić information content (AvgIpc) is 3.21. The molecule has 2 N–H and O–H groups in total. The summed E-state index contributed by atoms with van der Waals surface area (Å²) in [7, 11) is 0. The van der Waals surface area contributed by atoms with Gasteiger partial charge in [0.05, 0.1) is 4.88 Å². The highest BCUT2D eigenvalue weighted by Gasteiger charge is 2.27. The molecule has 0 bridgehead atoms. The molecule has 0 atom stereocenters. The predicted molar refractivity (Wildman–Crippen MR) is 106 cm³/mol. The molecule has 0 spiro atoms. The molecule has 2 aromatic rings. The number of anilines is 1. The summed E-state index contributed by atoms with van der Waals surface area (Å²) in [5.74, 6) is -0.0803. The van der Waals surface area contributed by atoms with Gasteiger partial charge in [0.25, 0.3) is 5.91 Å². The molecular weight excluding hydrogens is 362 g/mol.